The van der Waals surface area contributed by atoms with Crippen LogP contribution >= 0.6 is 11.6 Å². The van der Waals surface area contributed by atoms with Gasteiger partial charge in [-0.3, -0.25) is 0 Å². The van der Waals surface area contributed by atoms with Crippen molar-refractivity contribution in [3.05, 3.63) is 40.3 Å². The minimum absolute atomic E-state index is 0.156. The monoisotopic (exact) mass is 245 g/mol. The molecule has 1 aromatic heterocycles. The molecule has 0 atom stereocenters. The molecule has 2 aromatic rings. The van der Waals surface area contributed by atoms with E-state index in [0.29, 0.717) is 5.39 Å². The summed E-state index contributed by atoms with van der Waals surface area (Å²) in [5.41, 5.74) is -0.0316. The predicted molar refractivity (Wildman–Crippen MR) is 56.4 cm³/mol. The minimum Gasteiger partial charge on any atom is -0.246 e. The first-order valence-electron chi connectivity index (χ1n) is 4.54. The number of rotatable bonds is 1. The molecule has 5 heteroatoms. The van der Waals surface area contributed by atoms with Crippen molar-refractivity contribution in [1.29, 1.82) is 0 Å². The SMILES string of the molecule is Cc1c(F)ccc2c(Cl)cc(C(F)F)nc12. The molecule has 0 fully saturated rings. The fraction of sp³-hybridized carbons (Fsp3) is 0.182. The predicted octanol–water partition coefficient (Wildman–Crippen LogP) is 4.27. The normalized spacial score (nSPS) is 11.4. The third-order valence-electron chi connectivity index (χ3n) is 2.36. The molecule has 0 aliphatic heterocycles. The molecule has 0 saturated heterocycles. The van der Waals surface area contributed by atoms with Gasteiger partial charge in [-0.05, 0) is 25.1 Å². The number of nitrogens with zero attached hydrogens (tertiary/aromatic N) is 1. The standard InChI is InChI=1S/C11H7ClF3N/c1-5-8(13)3-2-6-7(12)4-9(11(14)15)16-10(5)6/h2-4,11H,1H3. The second-order valence-corrected chi connectivity index (χ2v) is 3.81. The summed E-state index contributed by atoms with van der Waals surface area (Å²) in [7, 11) is 0. The highest BCUT2D eigenvalue weighted by Crippen LogP contribution is 2.29. The van der Waals surface area contributed by atoms with E-state index in [1.54, 1.807) is 0 Å². The Bertz CT molecular complexity index is 554. The zero-order valence-corrected chi connectivity index (χ0v) is 9.02. The molecular formula is C11H7ClF3N. The zero-order chi connectivity index (χ0) is 11.9. The lowest BCUT2D eigenvalue weighted by Crippen LogP contribution is -1.95. The Morgan fingerprint density at radius 2 is 2.00 bits per heavy atom. The van der Waals surface area contributed by atoms with Crippen molar-refractivity contribution in [3.8, 4) is 0 Å². The first-order valence-corrected chi connectivity index (χ1v) is 4.92. The van der Waals surface area contributed by atoms with Gasteiger partial charge in [0.05, 0.1) is 10.5 Å². The lowest BCUT2D eigenvalue weighted by Gasteiger charge is -2.07. The van der Waals surface area contributed by atoms with Crippen LogP contribution in [0, 0.1) is 12.7 Å². The molecule has 0 N–H and O–H groups in total. The third-order valence-corrected chi connectivity index (χ3v) is 2.67. The molecule has 0 amide bonds. The van der Waals surface area contributed by atoms with Gasteiger partial charge < -0.3 is 0 Å². The van der Waals surface area contributed by atoms with Crippen molar-refractivity contribution in [3.63, 3.8) is 0 Å². The number of fused-ring (bicyclic) bond motifs is 1. The summed E-state index contributed by atoms with van der Waals surface area (Å²) in [6.45, 7) is 1.48. The van der Waals surface area contributed by atoms with Gasteiger partial charge in [-0.2, -0.15) is 0 Å². The van der Waals surface area contributed by atoms with Crippen LogP contribution in [-0.4, -0.2) is 4.98 Å². The van der Waals surface area contributed by atoms with Gasteiger partial charge >= 0.3 is 0 Å². The summed E-state index contributed by atoms with van der Waals surface area (Å²) < 4.78 is 38.2. The van der Waals surface area contributed by atoms with E-state index in [2.05, 4.69) is 4.98 Å². The van der Waals surface area contributed by atoms with E-state index in [0.717, 1.165) is 6.07 Å². The van der Waals surface area contributed by atoms with E-state index in [9.17, 15) is 13.2 Å². The van der Waals surface area contributed by atoms with Crippen LogP contribution in [0.2, 0.25) is 5.02 Å². The molecule has 0 spiro atoms. The summed E-state index contributed by atoms with van der Waals surface area (Å²) in [6.07, 6.45) is -2.72. The molecule has 84 valence electrons. The van der Waals surface area contributed by atoms with Crippen LogP contribution in [0.3, 0.4) is 0 Å². The minimum atomic E-state index is -2.72. The highest BCUT2D eigenvalue weighted by Gasteiger charge is 2.14. The van der Waals surface area contributed by atoms with Gasteiger partial charge in [0.15, 0.2) is 0 Å². The highest BCUT2D eigenvalue weighted by atomic mass is 35.5. The number of hydrogen-bond donors (Lipinski definition) is 0. The van der Waals surface area contributed by atoms with Crippen LogP contribution in [0.5, 0.6) is 0 Å². The molecule has 0 bridgehead atoms. The number of halogens is 4. The average molecular weight is 246 g/mol. The largest absolute Gasteiger partial charge is 0.280 e. The molecule has 2 rings (SSSR count). The van der Waals surface area contributed by atoms with Crippen molar-refractivity contribution in [2.45, 2.75) is 13.3 Å². The Balaban J connectivity index is 2.83. The molecule has 0 radical (unpaired) electrons. The van der Waals surface area contributed by atoms with E-state index < -0.39 is 17.9 Å². The molecule has 1 heterocycles. The van der Waals surface area contributed by atoms with Gasteiger partial charge in [0.25, 0.3) is 6.43 Å². The maximum absolute atomic E-state index is 13.2. The van der Waals surface area contributed by atoms with Crippen molar-refractivity contribution in [2.75, 3.05) is 0 Å². The summed E-state index contributed by atoms with van der Waals surface area (Å²) in [5, 5.41) is 0.633. The van der Waals surface area contributed by atoms with Crippen LogP contribution < -0.4 is 0 Å². The summed E-state index contributed by atoms with van der Waals surface area (Å²) >= 11 is 5.83. The Hall–Kier alpha value is -1.29. The van der Waals surface area contributed by atoms with E-state index in [1.807, 2.05) is 0 Å². The summed E-state index contributed by atoms with van der Waals surface area (Å²) in [4.78, 5) is 3.72. The lowest BCUT2D eigenvalue weighted by atomic mass is 10.1. The number of aryl methyl sites for hydroxylation is 1. The first-order chi connectivity index (χ1) is 7.50. The number of alkyl halides is 2. The van der Waals surface area contributed by atoms with Gasteiger partial charge in [0.1, 0.15) is 11.5 Å². The molecule has 16 heavy (non-hydrogen) atoms. The number of hydrogen-bond acceptors (Lipinski definition) is 1. The zero-order valence-electron chi connectivity index (χ0n) is 8.27. The van der Waals surface area contributed by atoms with Crippen molar-refractivity contribution in [2.24, 2.45) is 0 Å². The third kappa shape index (κ3) is 1.73. The van der Waals surface area contributed by atoms with Crippen molar-refractivity contribution < 1.29 is 13.2 Å². The molecule has 0 aliphatic rings. The van der Waals surface area contributed by atoms with E-state index in [1.165, 1.54) is 19.1 Å². The Kier molecular flexibility index (Phi) is 2.76. The second-order valence-electron chi connectivity index (χ2n) is 3.40. The van der Waals surface area contributed by atoms with Gasteiger partial charge in [0.2, 0.25) is 0 Å². The summed E-state index contributed by atoms with van der Waals surface area (Å²) in [5.74, 6) is -0.484. The lowest BCUT2D eigenvalue weighted by molar-refractivity contribution is 0.146. The van der Waals surface area contributed by atoms with Crippen LogP contribution in [-0.2, 0) is 0 Å². The maximum Gasteiger partial charge on any atom is 0.280 e. The molecule has 1 aromatic carbocycles. The molecule has 0 aliphatic carbocycles. The fourth-order valence-electron chi connectivity index (χ4n) is 1.49. The average Bonchev–Trinajstić information content (AvgIpc) is 2.23. The van der Waals surface area contributed by atoms with E-state index in [-0.39, 0.29) is 16.1 Å². The molecular weight excluding hydrogens is 239 g/mol. The van der Waals surface area contributed by atoms with E-state index >= 15 is 0 Å². The molecule has 1 nitrogen and oxygen atoms in total. The Morgan fingerprint density at radius 3 is 2.62 bits per heavy atom. The van der Waals surface area contributed by atoms with Gasteiger partial charge in [-0.15, -0.1) is 0 Å². The van der Waals surface area contributed by atoms with E-state index in [4.69, 9.17) is 11.6 Å². The quantitative estimate of drug-likeness (QED) is 0.731. The highest BCUT2D eigenvalue weighted by molar-refractivity contribution is 6.35. The Morgan fingerprint density at radius 1 is 1.31 bits per heavy atom. The van der Waals surface area contributed by atoms with Crippen LogP contribution in [0.15, 0.2) is 18.2 Å². The number of aromatic nitrogens is 1. The van der Waals surface area contributed by atoms with Gasteiger partial charge in [-0.25, -0.2) is 18.2 Å². The van der Waals surface area contributed by atoms with Crippen molar-refractivity contribution >= 4 is 22.5 Å². The van der Waals surface area contributed by atoms with Gasteiger partial charge in [0, 0.05) is 10.9 Å². The summed E-state index contributed by atoms with van der Waals surface area (Å²) in [6, 6.07) is 3.78. The first kappa shape index (κ1) is 11.2. The Labute approximate surface area is 94.9 Å². The smallest absolute Gasteiger partial charge is 0.246 e. The number of pyridine rings is 1. The molecule has 0 unspecified atom stereocenters. The topological polar surface area (TPSA) is 12.9 Å². The van der Waals surface area contributed by atoms with Crippen LogP contribution in [0.25, 0.3) is 10.9 Å². The van der Waals surface area contributed by atoms with Gasteiger partial charge in [-0.1, -0.05) is 11.6 Å². The number of benzene rings is 1. The maximum atomic E-state index is 13.2. The van der Waals surface area contributed by atoms with Crippen LogP contribution in [0.1, 0.15) is 17.7 Å². The fourth-order valence-corrected chi connectivity index (χ4v) is 1.76. The van der Waals surface area contributed by atoms with Crippen LogP contribution in [0.4, 0.5) is 13.2 Å². The molecule has 0 saturated carbocycles. The van der Waals surface area contributed by atoms with Crippen molar-refractivity contribution in [1.82, 2.24) is 4.98 Å². The second kappa shape index (κ2) is 3.94.